The summed E-state index contributed by atoms with van der Waals surface area (Å²) < 4.78 is 0. The van der Waals surface area contributed by atoms with Crippen molar-refractivity contribution in [1.82, 2.24) is 0 Å². The highest BCUT2D eigenvalue weighted by molar-refractivity contribution is 6.78. The SMILES string of the molecule is CCC[Si]1(C)CCC(O)CC1. The molecule has 0 aromatic heterocycles. The fraction of sp³-hybridized carbons (Fsp3) is 1.00. The van der Waals surface area contributed by atoms with Gasteiger partial charge in [0.2, 0.25) is 0 Å². The molecule has 0 aromatic rings. The van der Waals surface area contributed by atoms with Crippen LogP contribution >= 0.6 is 0 Å². The van der Waals surface area contributed by atoms with Crippen molar-refractivity contribution in [3.63, 3.8) is 0 Å². The first-order valence-electron chi connectivity index (χ1n) is 4.84. The molecule has 1 N–H and O–H groups in total. The van der Waals surface area contributed by atoms with Gasteiger partial charge in [0.05, 0.1) is 14.2 Å². The Morgan fingerprint density at radius 1 is 1.36 bits per heavy atom. The molecule has 1 nitrogen and oxygen atoms in total. The Balaban J connectivity index is 2.35. The molecule has 66 valence electrons. The summed E-state index contributed by atoms with van der Waals surface area (Å²) in [5, 5.41) is 9.33. The lowest BCUT2D eigenvalue weighted by atomic mass is 10.2. The molecule has 0 saturated carbocycles. The molecule has 2 heteroatoms. The van der Waals surface area contributed by atoms with Gasteiger partial charge in [-0.1, -0.05) is 38.0 Å². The largest absolute Gasteiger partial charge is 0.393 e. The van der Waals surface area contributed by atoms with Crippen molar-refractivity contribution in [2.45, 2.75) is 57.0 Å². The molecule has 1 heterocycles. The van der Waals surface area contributed by atoms with Crippen LogP contribution in [0.15, 0.2) is 0 Å². The van der Waals surface area contributed by atoms with Crippen LogP contribution in [-0.4, -0.2) is 19.3 Å². The van der Waals surface area contributed by atoms with Crippen LogP contribution in [0.4, 0.5) is 0 Å². The van der Waals surface area contributed by atoms with Crippen molar-refractivity contribution in [2.75, 3.05) is 0 Å². The van der Waals surface area contributed by atoms with E-state index >= 15 is 0 Å². The molecule has 0 atom stereocenters. The van der Waals surface area contributed by atoms with E-state index in [0.717, 1.165) is 12.8 Å². The second kappa shape index (κ2) is 3.72. The van der Waals surface area contributed by atoms with E-state index < -0.39 is 8.07 Å². The summed E-state index contributed by atoms with van der Waals surface area (Å²) in [6.07, 6.45) is 3.55. The zero-order chi connectivity index (χ0) is 8.32. The first kappa shape index (κ1) is 9.27. The molecule has 1 aliphatic rings. The van der Waals surface area contributed by atoms with Crippen molar-refractivity contribution in [3.8, 4) is 0 Å². The summed E-state index contributed by atoms with van der Waals surface area (Å²) in [5.74, 6) is 0. The molecule has 1 rings (SSSR count). The predicted octanol–water partition coefficient (Wildman–Crippen LogP) is 2.63. The molecule has 0 spiro atoms. The number of hydrogen-bond acceptors (Lipinski definition) is 1. The molecular formula is C9H20OSi. The van der Waals surface area contributed by atoms with E-state index in [0.29, 0.717) is 0 Å². The van der Waals surface area contributed by atoms with Crippen LogP contribution in [0.25, 0.3) is 0 Å². The molecule has 1 aliphatic heterocycles. The van der Waals surface area contributed by atoms with E-state index in [-0.39, 0.29) is 6.10 Å². The van der Waals surface area contributed by atoms with Crippen LogP contribution in [0.1, 0.15) is 26.2 Å². The lowest BCUT2D eigenvalue weighted by molar-refractivity contribution is 0.159. The van der Waals surface area contributed by atoms with Crippen LogP contribution in [0, 0.1) is 0 Å². The average Bonchev–Trinajstić information content (AvgIpc) is 1.97. The fourth-order valence-corrected chi connectivity index (χ4v) is 6.17. The highest BCUT2D eigenvalue weighted by atomic mass is 28.3. The van der Waals surface area contributed by atoms with E-state index in [2.05, 4.69) is 13.5 Å². The van der Waals surface area contributed by atoms with Crippen molar-refractivity contribution < 1.29 is 5.11 Å². The summed E-state index contributed by atoms with van der Waals surface area (Å²) in [7, 11) is -0.838. The lowest BCUT2D eigenvalue weighted by Crippen LogP contribution is -2.36. The maximum absolute atomic E-state index is 9.33. The quantitative estimate of drug-likeness (QED) is 0.635. The standard InChI is InChI=1S/C9H20OSi/c1-3-6-11(2)7-4-9(10)5-8-11/h9-10H,3-8H2,1-2H3. The number of aliphatic hydroxyl groups excluding tert-OH is 1. The van der Waals surface area contributed by atoms with E-state index in [1.54, 1.807) is 0 Å². The summed E-state index contributed by atoms with van der Waals surface area (Å²) in [4.78, 5) is 0. The topological polar surface area (TPSA) is 20.2 Å². The van der Waals surface area contributed by atoms with Gasteiger partial charge in [-0.25, -0.2) is 0 Å². The highest BCUT2D eigenvalue weighted by Gasteiger charge is 2.30. The molecule has 0 bridgehead atoms. The second-order valence-electron chi connectivity index (χ2n) is 4.29. The maximum atomic E-state index is 9.33. The second-order valence-corrected chi connectivity index (χ2v) is 9.41. The Morgan fingerprint density at radius 2 is 1.91 bits per heavy atom. The molecule has 0 unspecified atom stereocenters. The van der Waals surface area contributed by atoms with E-state index in [9.17, 15) is 5.11 Å². The van der Waals surface area contributed by atoms with Crippen LogP contribution < -0.4 is 0 Å². The lowest BCUT2D eigenvalue weighted by Gasteiger charge is -2.33. The molecule has 11 heavy (non-hydrogen) atoms. The van der Waals surface area contributed by atoms with Crippen LogP contribution in [0.2, 0.25) is 24.7 Å². The Morgan fingerprint density at radius 3 is 2.36 bits per heavy atom. The van der Waals surface area contributed by atoms with E-state index in [1.165, 1.54) is 24.6 Å². The Labute approximate surface area is 70.8 Å². The summed E-state index contributed by atoms with van der Waals surface area (Å²) in [6, 6.07) is 4.20. The van der Waals surface area contributed by atoms with Gasteiger partial charge in [0, 0.05) is 0 Å². The van der Waals surface area contributed by atoms with Gasteiger partial charge in [0.1, 0.15) is 0 Å². The van der Waals surface area contributed by atoms with Crippen LogP contribution in [0.3, 0.4) is 0 Å². The van der Waals surface area contributed by atoms with Crippen molar-refractivity contribution in [2.24, 2.45) is 0 Å². The first-order valence-corrected chi connectivity index (χ1v) is 7.96. The van der Waals surface area contributed by atoms with E-state index in [4.69, 9.17) is 0 Å². The Hall–Kier alpha value is 0.177. The zero-order valence-electron chi connectivity index (χ0n) is 7.77. The van der Waals surface area contributed by atoms with Gasteiger partial charge in [-0.05, 0) is 12.8 Å². The zero-order valence-corrected chi connectivity index (χ0v) is 8.77. The normalized spacial score (nSPS) is 39.0. The smallest absolute Gasteiger partial charge is 0.0535 e. The highest BCUT2D eigenvalue weighted by Crippen LogP contribution is 2.32. The van der Waals surface area contributed by atoms with Crippen molar-refractivity contribution in [1.29, 1.82) is 0 Å². The molecule has 1 fully saturated rings. The van der Waals surface area contributed by atoms with Crippen LogP contribution in [0.5, 0.6) is 0 Å². The third-order valence-electron chi connectivity index (χ3n) is 3.02. The Bertz CT molecular complexity index is 117. The minimum absolute atomic E-state index is 0.0347. The van der Waals surface area contributed by atoms with Gasteiger partial charge >= 0.3 is 0 Å². The molecule has 1 saturated heterocycles. The van der Waals surface area contributed by atoms with Gasteiger partial charge in [-0.15, -0.1) is 0 Å². The number of rotatable bonds is 2. The van der Waals surface area contributed by atoms with E-state index in [1.807, 2.05) is 0 Å². The molecule has 0 radical (unpaired) electrons. The molecular weight excluding hydrogens is 152 g/mol. The third kappa shape index (κ3) is 2.60. The minimum atomic E-state index is -0.838. The Kier molecular flexibility index (Phi) is 3.13. The number of hydrogen-bond donors (Lipinski definition) is 1. The van der Waals surface area contributed by atoms with Gasteiger partial charge in [0.25, 0.3) is 0 Å². The maximum Gasteiger partial charge on any atom is 0.0535 e. The van der Waals surface area contributed by atoms with Crippen molar-refractivity contribution in [3.05, 3.63) is 0 Å². The van der Waals surface area contributed by atoms with Crippen molar-refractivity contribution >= 4 is 8.07 Å². The molecule has 0 aliphatic carbocycles. The number of aliphatic hydroxyl groups is 1. The summed E-state index contributed by atoms with van der Waals surface area (Å²) in [6.45, 7) is 4.78. The van der Waals surface area contributed by atoms with Gasteiger partial charge in [-0.3, -0.25) is 0 Å². The first-order chi connectivity index (χ1) is 5.16. The minimum Gasteiger partial charge on any atom is -0.393 e. The van der Waals surface area contributed by atoms with Gasteiger partial charge in [-0.2, -0.15) is 0 Å². The summed E-state index contributed by atoms with van der Waals surface area (Å²) in [5.41, 5.74) is 0. The van der Waals surface area contributed by atoms with Gasteiger partial charge < -0.3 is 5.11 Å². The summed E-state index contributed by atoms with van der Waals surface area (Å²) >= 11 is 0. The average molecular weight is 172 g/mol. The monoisotopic (exact) mass is 172 g/mol. The molecule has 0 aromatic carbocycles. The molecule has 0 amide bonds. The van der Waals surface area contributed by atoms with Crippen LogP contribution in [-0.2, 0) is 0 Å². The predicted molar refractivity (Wildman–Crippen MR) is 51.6 cm³/mol. The van der Waals surface area contributed by atoms with Gasteiger partial charge in [0.15, 0.2) is 0 Å². The fourth-order valence-electron chi connectivity index (χ4n) is 2.15. The third-order valence-corrected chi connectivity index (χ3v) is 7.71.